The van der Waals surface area contributed by atoms with Gasteiger partial charge in [0.05, 0.1) is 17.5 Å². The highest BCUT2D eigenvalue weighted by molar-refractivity contribution is 7.99. The maximum Gasteiger partial charge on any atom is 0.251 e. The number of carbonyl (C=O) groups is 2. The molecule has 0 saturated carbocycles. The molecule has 2 heterocycles. The molecule has 0 fully saturated rings. The number of carbonyl (C=O) groups excluding carboxylic acids is 2. The Morgan fingerprint density at radius 3 is 2.45 bits per heavy atom. The Morgan fingerprint density at radius 2 is 1.79 bits per heavy atom. The van der Waals surface area contributed by atoms with Gasteiger partial charge >= 0.3 is 0 Å². The number of thioether (sulfide) groups is 1. The number of amides is 2. The van der Waals surface area contributed by atoms with Crippen molar-refractivity contribution < 1.29 is 9.59 Å². The van der Waals surface area contributed by atoms with Crippen LogP contribution in [0.25, 0.3) is 11.3 Å². The summed E-state index contributed by atoms with van der Waals surface area (Å²) in [6, 6.07) is 14.5. The van der Waals surface area contributed by atoms with E-state index in [9.17, 15) is 9.59 Å². The second kappa shape index (κ2) is 12.6. The Balaban J connectivity index is 1.40. The number of hydrogen-bond acceptors (Lipinski definition) is 7. The highest BCUT2D eigenvalue weighted by Crippen LogP contribution is 2.28. The first-order valence-corrected chi connectivity index (χ1v) is 14.4. The summed E-state index contributed by atoms with van der Waals surface area (Å²) in [7, 11) is 0. The molecular weight excluding hydrogens is 540 g/mol. The lowest BCUT2D eigenvalue weighted by atomic mass is 10.0. The van der Waals surface area contributed by atoms with E-state index in [1.54, 1.807) is 12.1 Å². The minimum Gasteiger partial charge on any atom is -0.342 e. The molecule has 4 aromatic rings. The lowest BCUT2D eigenvalue weighted by molar-refractivity contribution is -0.113. The average Bonchev–Trinajstić information content (AvgIpc) is 3.53. The van der Waals surface area contributed by atoms with E-state index in [2.05, 4.69) is 25.8 Å². The Bertz CT molecular complexity index is 1400. The zero-order chi connectivity index (χ0) is 27.2. The standard InChI is InChI=1S/C27H29ClN6O2S2/c1-5-34-24(23(16(2)3)31-25(36)19-8-6-17(4)7-9-19)32-33-27(34)38-15-22(35)30-26-29-21(14-37-26)18-10-12-20(28)13-11-18/h6-14,16,23H,5,15H2,1-4H3,(H,31,36)(H,29,30,35). The molecule has 8 nitrogen and oxygen atoms in total. The van der Waals surface area contributed by atoms with Crippen LogP contribution in [-0.2, 0) is 11.3 Å². The summed E-state index contributed by atoms with van der Waals surface area (Å²) in [4.78, 5) is 30.1. The van der Waals surface area contributed by atoms with Crippen molar-refractivity contribution in [2.24, 2.45) is 5.92 Å². The fraction of sp³-hybridized carbons (Fsp3) is 0.296. The maximum atomic E-state index is 12.9. The molecule has 2 N–H and O–H groups in total. The van der Waals surface area contributed by atoms with E-state index in [-0.39, 0.29) is 29.5 Å². The molecule has 0 aliphatic heterocycles. The zero-order valence-electron chi connectivity index (χ0n) is 21.6. The van der Waals surface area contributed by atoms with Gasteiger partial charge in [0.25, 0.3) is 5.91 Å². The first-order valence-electron chi connectivity index (χ1n) is 12.2. The molecule has 1 unspecified atom stereocenters. The van der Waals surface area contributed by atoms with E-state index in [1.165, 1.54) is 23.1 Å². The summed E-state index contributed by atoms with van der Waals surface area (Å²) < 4.78 is 1.94. The average molecular weight is 569 g/mol. The van der Waals surface area contributed by atoms with Gasteiger partial charge in [-0.1, -0.05) is 67.0 Å². The van der Waals surface area contributed by atoms with Crippen LogP contribution in [0.4, 0.5) is 5.13 Å². The third-order valence-corrected chi connectivity index (χ3v) is 7.81. The van der Waals surface area contributed by atoms with Gasteiger partial charge < -0.3 is 15.2 Å². The van der Waals surface area contributed by atoms with Crippen LogP contribution in [0.1, 0.15) is 48.6 Å². The van der Waals surface area contributed by atoms with Crippen LogP contribution in [0.5, 0.6) is 0 Å². The topological polar surface area (TPSA) is 102 Å². The van der Waals surface area contributed by atoms with Gasteiger partial charge in [0.2, 0.25) is 5.91 Å². The molecule has 2 aromatic carbocycles. The molecular formula is C27H29ClN6O2S2. The van der Waals surface area contributed by atoms with Crippen LogP contribution in [0.15, 0.2) is 59.1 Å². The molecule has 2 amide bonds. The molecule has 0 radical (unpaired) electrons. The van der Waals surface area contributed by atoms with Crippen LogP contribution in [0, 0.1) is 12.8 Å². The lowest BCUT2D eigenvalue weighted by Gasteiger charge is -2.22. The van der Waals surface area contributed by atoms with Gasteiger partial charge in [-0.2, -0.15) is 0 Å². The molecule has 0 aliphatic rings. The Hall–Kier alpha value is -3.21. The van der Waals surface area contributed by atoms with Gasteiger partial charge in [0, 0.05) is 28.1 Å². The minimum atomic E-state index is -0.332. The SMILES string of the molecule is CCn1c(SCC(=O)Nc2nc(-c3ccc(Cl)cc3)cs2)nnc1C(NC(=O)c1ccc(C)cc1)C(C)C. The van der Waals surface area contributed by atoms with Gasteiger partial charge in [-0.25, -0.2) is 4.98 Å². The highest BCUT2D eigenvalue weighted by atomic mass is 35.5. The normalized spacial score (nSPS) is 11.9. The number of anilines is 1. The largest absolute Gasteiger partial charge is 0.342 e. The van der Waals surface area contributed by atoms with Gasteiger partial charge in [-0.15, -0.1) is 21.5 Å². The van der Waals surface area contributed by atoms with Crippen molar-refractivity contribution in [1.82, 2.24) is 25.1 Å². The number of aromatic nitrogens is 4. The van der Waals surface area contributed by atoms with Gasteiger partial charge in [0.1, 0.15) is 0 Å². The quantitative estimate of drug-likeness (QED) is 0.219. The molecule has 0 saturated heterocycles. The number of benzene rings is 2. The summed E-state index contributed by atoms with van der Waals surface area (Å²) in [5, 5.41) is 18.4. The molecule has 1 atom stereocenters. The monoisotopic (exact) mass is 568 g/mol. The van der Waals surface area contributed by atoms with E-state index in [4.69, 9.17) is 11.6 Å². The molecule has 4 rings (SSSR count). The third kappa shape index (κ3) is 6.80. The lowest BCUT2D eigenvalue weighted by Crippen LogP contribution is -2.33. The predicted molar refractivity (Wildman–Crippen MR) is 154 cm³/mol. The zero-order valence-corrected chi connectivity index (χ0v) is 24.0. The summed E-state index contributed by atoms with van der Waals surface area (Å²) in [6.45, 7) is 8.64. The first-order chi connectivity index (χ1) is 18.2. The number of nitrogens with zero attached hydrogens (tertiary/aromatic N) is 4. The van der Waals surface area contributed by atoms with E-state index in [1.807, 2.05) is 74.0 Å². The van der Waals surface area contributed by atoms with E-state index in [0.717, 1.165) is 16.8 Å². The van der Waals surface area contributed by atoms with Gasteiger partial charge in [-0.3, -0.25) is 9.59 Å². The van der Waals surface area contributed by atoms with Crippen molar-refractivity contribution in [3.05, 3.63) is 75.9 Å². The van der Waals surface area contributed by atoms with E-state index >= 15 is 0 Å². The number of hydrogen-bond donors (Lipinski definition) is 2. The van der Waals surface area contributed by atoms with Crippen molar-refractivity contribution in [2.75, 3.05) is 11.1 Å². The number of aryl methyl sites for hydroxylation is 1. The summed E-state index contributed by atoms with van der Waals surface area (Å²) in [6.07, 6.45) is 0. The van der Waals surface area contributed by atoms with E-state index < -0.39 is 0 Å². The molecule has 38 heavy (non-hydrogen) atoms. The van der Waals surface area contributed by atoms with Crippen LogP contribution in [0.2, 0.25) is 5.02 Å². The predicted octanol–water partition coefficient (Wildman–Crippen LogP) is 6.24. The minimum absolute atomic E-state index is 0.0831. The van der Waals surface area contributed by atoms with Crippen molar-refractivity contribution >= 4 is 51.6 Å². The van der Waals surface area contributed by atoms with Crippen molar-refractivity contribution in [2.45, 2.75) is 45.4 Å². The molecule has 11 heteroatoms. The number of thiazole rings is 1. The smallest absolute Gasteiger partial charge is 0.251 e. The van der Waals surface area contributed by atoms with E-state index in [0.29, 0.717) is 33.2 Å². The fourth-order valence-electron chi connectivity index (χ4n) is 3.76. The molecule has 0 spiro atoms. The van der Waals surface area contributed by atoms with Gasteiger partial charge in [-0.05, 0) is 44.0 Å². The molecule has 0 aliphatic carbocycles. The van der Waals surface area contributed by atoms with Crippen LogP contribution in [-0.4, -0.2) is 37.3 Å². The van der Waals surface area contributed by atoms with Crippen molar-refractivity contribution in [3.8, 4) is 11.3 Å². The summed E-state index contributed by atoms with van der Waals surface area (Å²) >= 11 is 8.62. The Labute approximate surface area is 235 Å². The summed E-state index contributed by atoms with van der Waals surface area (Å²) in [5.41, 5.74) is 3.39. The van der Waals surface area contributed by atoms with Crippen molar-refractivity contribution in [3.63, 3.8) is 0 Å². The molecule has 198 valence electrons. The first kappa shape index (κ1) is 27.8. The number of rotatable bonds is 10. The highest BCUT2D eigenvalue weighted by Gasteiger charge is 2.26. The van der Waals surface area contributed by atoms with Gasteiger partial charge in [0.15, 0.2) is 16.1 Å². The van der Waals surface area contributed by atoms with Crippen LogP contribution < -0.4 is 10.6 Å². The second-order valence-corrected chi connectivity index (χ2v) is 11.3. The Kier molecular flexibility index (Phi) is 9.19. The summed E-state index contributed by atoms with van der Waals surface area (Å²) in [5.74, 6) is 0.547. The Morgan fingerprint density at radius 1 is 1.08 bits per heavy atom. The van der Waals surface area contributed by atoms with Crippen LogP contribution in [0.3, 0.4) is 0 Å². The fourth-order valence-corrected chi connectivity index (χ4v) is 5.43. The second-order valence-electron chi connectivity index (χ2n) is 9.03. The van der Waals surface area contributed by atoms with Crippen molar-refractivity contribution in [1.29, 1.82) is 0 Å². The maximum absolute atomic E-state index is 12.9. The number of halogens is 1. The molecule has 0 bridgehead atoms. The third-order valence-electron chi connectivity index (χ3n) is 5.83. The van der Waals surface area contributed by atoms with Crippen LogP contribution >= 0.6 is 34.7 Å². The molecule has 2 aromatic heterocycles. The number of nitrogens with one attached hydrogen (secondary N) is 2.